The van der Waals surface area contributed by atoms with Crippen molar-refractivity contribution in [2.45, 2.75) is 50.2 Å². The molecule has 1 aromatic carbocycles. The van der Waals surface area contributed by atoms with Gasteiger partial charge in [-0.1, -0.05) is 57.5 Å². The molecule has 0 atom stereocenters. The number of carbonyl (C=O) groups is 1. The maximum atomic E-state index is 12.0. The Labute approximate surface area is 126 Å². The lowest BCUT2D eigenvalue weighted by atomic mass is 9.64. The molecular weight excluding hydrogens is 266 g/mol. The molecule has 0 aromatic heterocycles. The zero-order valence-electron chi connectivity index (χ0n) is 12.7. The Bertz CT molecular complexity index is 446. The van der Waals surface area contributed by atoms with Crippen molar-refractivity contribution in [3.63, 3.8) is 0 Å². The van der Waals surface area contributed by atoms with Crippen LogP contribution < -0.4 is 5.32 Å². The first-order valence-electron chi connectivity index (χ1n) is 7.38. The van der Waals surface area contributed by atoms with Gasteiger partial charge in [0.25, 0.3) is 0 Å². The number of amides is 1. The van der Waals surface area contributed by atoms with Crippen LogP contribution in [0.4, 0.5) is 0 Å². The van der Waals surface area contributed by atoms with Crippen LogP contribution in [0.1, 0.15) is 45.6 Å². The van der Waals surface area contributed by atoms with Crippen LogP contribution in [0, 0.1) is 0 Å². The van der Waals surface area contributed by atoms with Gasteiger partial charge in [0.2, 0.25) is 5.91 Å². The van der Waals surface area contributed by atoms with Crippen LogP contribution in [0.3, 0.4) is 0 Å². The van der Waals surface area contributed by atoms with Gasteiger partial charge in [0.15, 0.2) is 0 Å². The third-order valence-corrected chi connectivity index (χ3v) is 5.23. The minimum atomic E-state index is 0.144. The third-order valence-electron chi connectivity index (χ3n) is 3.96. The van der Waals surface area contributed by atoms with E-state index in [1.807, 2.05) is 0 Å². The smallest absolute Gasteiger partial charge is 0.230 e. The van der Waals surface area contributed by atoms with Crippen LogP contribution in [0.15, 0.2) is 30.3 Å². The van der Waals surface area contributed by atoms with Crippen LogP contribution >= 0.6 is 11.8 Å². The Morgan fingerprint density at radius 3 is 2.40 bits per heavy atom. The molecule has 0 saturated heterocycles. The first-order chi connectivity index (χ1) is 9.41. The zero-order chi connectivity index (χ0) is 14.6. The predicted octanol–water partition coefficient (Wildman–Crippen LogP) is 3.76. The first kappa shape index (κ1) is 15.4. The summed E-state index contributed by atoms with van der Waals surface area (Å²) in [6, 6.07) is 10.6. The minimum Gasteiger partial charge on any atom is -0.354 e. The molecule has 0 heterocycles. The quantitative estimate of drug-likeness (QED) is 0.895. The van der Waals surface area contributed by atoms with Gasteiger partial charge < -0.3 is 5.32 Å². The highest BCUT2D eigenvalue weighted by molar-refractivity contribution is 8.01. The van der Waals surface area contributed by atoms with E-state index in [2.05, 4.69) is 56.4 Å². The molecule has 1 saturated carbocycles. The molecule has 1 aliphatic rings. The van der Waals surface area contributed by atoms with Gasteiger partial charge in [0, 0.05) is 16.7 Å². The van der Waals surface area contributed by atoms with Crippen molar-refractivity contribution in [1.82, 2.24) is 5.32 Å². The predicted molar refractivity (Wildman–Crippen MR) is 87.2 cm³/mol. The van der Waals surface area contributed by atoms with Crippen molar-refractivity contribution in [1.29, 1.82) is 0 Å². The Balaban J connectivity index is 1.87. The van der Waals surface area contributed by atoms with Gasteiger partial charge in [-0.25, -0.2) is 0 Å². The van der Waals surface area contributed by atoms with Crippen molar-refractivity contribution in [3.8, 4) is 0 Å². The molecule has 0 radical (unpaired) electrons. The van der Waals surface area contributed by atoms with E-state index < -0.39 is 0 Å². The van der Waals surface area contributed by atoms with Gasteiger partial charge in [-0.15, -0.1) is 11.8 Å². The van der Waals surface area contributed by atoms with E-state index in [0.717, 1.165) is 6.54 Å². The number of carbonyl (C=O) groups excluding carboxylic acids is 1. The average molecular weight is 291 g/mol. The second-order valence-corrected chi connectivity index (χ2v) is 8.48. The van der Waals surface area contributed by atoms with E-state index in [1.54, 1.807) is 11.8 Å². The Hall–Kier alpha value is -0.960. The Kier molecular flexibility index (Phi) is 4.79. The molecule has 0 unspecified atom stereocenters. The summed E-state index contributed by atoms with van der Waals surface area (Å²) < 4.78 is 0.144. The van der Waals surface area contributed by atoms with Crippen LogP contribution in [0.5, 0.6) is 0 Å². The zero-order valence-corrected chi connectivity index (χ0v) is 13.6. The second-order valence-electron chi connectivity index (χ2n) is 6.68. The molecule has 1 fully saturated rings. The standard InChI is InChI=1S/C17H25NOS/c1-16(2,3)20-12-15(19)18-13-17(10-7-11-17)14-8-5-4-6-9-14/h4-6,8-9H,7,10-13H2,1-3H3,(H,18,19). The summed E-state index contributed by atoms with van der Waals surface area (Å²) in [7, 11) is 0. The monoisotopic (exact) mass is 291 g/mol. The SMILES string of the molecule is CC(C)(C)SCC(=O)NCC1(c2ccccc2)CCC1. The summed E-state index contributed by atoms with van der Waals surface area (Å²) in [5.41, 5.74) is 1.55. The van der Waals surface area contributed by atoms with Crippen LogP contribution in [-0.2, 0) is 10.2 Å². The molecule has 0 spiro atoms. The summed E-state index contributed by atoms with van der Waals surface area (Å²) in [4.78, 5) is 12.0. The Morgan fingerprint density at radius 1 is 1.25 bits per heavy atom. The minimum absolute atomic E-state index is 0.144. The maximum absolute atomic E-state index is 12.0. The fourth-order valence-corrected chi connectivity index (χ4v) is 3.23. The van der Waals surface area contributed by atoms with Crippen LogP contribution in [0.2, 0.25) is 0 Å². The highest BCUT2D eigenvalue weighted by atomic mass is 32.2. The topological polar surface area (TPSA) is 29.1 Å². The molecule has 20 heavy (non-hydrogen) atoms. The molecule has 1 amide bonds. The van der Waals surface area contributed by atoms with Gasteiger partial charge in [-0.2, -0.15) is 0 Å². The summed E-state index contributed by atoms with van der Waals surface area (Å²) in [5.74, 6) is 0.709. The van der Waals surface area contributed by atoms with Crippen molar-refractivity contribution < 1.29 is 4.79 Å². The van der Waals surface area contributed by atoms with E-state index in [0.29, 0.717) is 5.75 Å². The molecule has 1 aromatic rings. The van der Waals surface area contributed by atoms with Gasteiger partial charge in [0.05, 0.1) is 5.75 Å². The highest BCUT2D eigenvalue weighted by Gasteiger charge is 2.38. The maximum Gasteiger partial charge on any atom is 0.230 e. The molecular formula is C17H25NOS. The molecule has 0 bridgehead atoms. The highest BCUT2D eigenvalue weighted by Crippen LogP contribution is 2.43. The van der Waals surface area contributed by atoms with E-state index in [4.69, 9.17) is 0 Å². The summed E-state index contributed by atoms with van der Waals surface area (Å²) >= 11 is 1.70. The lowest BCUT2D eigenvalue weighted by Gasteiger charge is -2.42. The van der Waals surface area contributed by atoms with Crippen molar-refractivity contribution in [2.24, 2.45) is 0 Å². The van der Waals surface area contributed by atoms with Gasteiger partial charge in [-0.3, -0.25) is 4.79 Å². The van der Waals surface area contributed by atoms with E-state index in [1.165, 1.54) is 24.8 Å². The molecule has 2 nitrogen and oxygen atoms in total. The van der Waals surface area contributed by atoms with Crippen molar-refractivity contribution in [3.05, 3.63) is 35.9 Å². The van der Waals surface area contributed by atoms with Gasteiger partial charge in [-0.05, 0) is 18.4 Å². The summed E-state index contributed by atoms with van der Waals surface area (Å²) in [6.45, 7) is 7.20. The lowest BCUT2D eigenvalue weighted by molar-refractivity contribution is -0.119. The van der Waals surface area contributed by atoms with E-state index in [9.17, 15) is 4.79 Å². The van der Waals surface area contributed by atoms with Crippen molar-refractivity contribution in [2.75, 3.05) is 12.3 Å². The fraction of sp³-hybridized carbons (Fsp3) is 0.588. The Morgan fingerprint density at radius 2 is 1.90 bits per heavy atom. The average Bonchev–Trinajstić information content (AvgIpc) is 2.35. The number of thioether (sulfide) groups is 1. The summed E-state index contributed by atoms with van der Waals surface area (Å²) in [6.07, 6.45) is 3.63. The number of hydrogen-bond donors (Lipinski definition) is 1. The summed E-state index contributed by atoms with van der Waals surface area (Å²) in [5, 5.41) is 3.14. The molecule has 1 aliphatic carbocycles. The number of benzene rings is 1. The molecule has 0 aliphatic heterocycles. The molecule has 2 rings (SSSR count). The largest absolute Gasteiger partial charge is 0.354 e. The molecule has 1 N–H and O–H groups in total. The van der Waals surface area contributed by atoms with Crippen LogP contribution in [0.25, 0.3) is 0 Å². The third kappa shape index (κ3) is 4.02. The first-order valence-corrected chi connectivity index (χ1v) is 8.36. The number of rotatable bonds is 5. The van der Waals surface area contributed by atoms with Gasteiger partial charge >= 0.3 is 0 Å². The normalized spacial score (nSPS) is 17.4. The van der Waals surface area contributed by atoms with Crippen molar-refractivity contribution >= 4 is 17.7 Å². The fourth-order valence-electron chi connectivity index (χ4n) is 2.56. The lowest BCUT2D eigenvalue weighted by Crippen LogP contribution is -2.46. The van der Waals surface area contributed by atoms with Crippen LogP contribution in [-0.4, -0.2) is 23.0 Å². The number of nitrogens with one attached hydrogen (secondary N) is 1. The molecule has 110 valence electrons. The van der Waals surface area contributed by atoms with E-state index in [-0.39, 0.29) is 16.1 Å². The van der Waals surface area contributed by atoms with Gasteiger partial charge in [0.1, 0.15) is 0 Å². The molecule has 3 heteroatoms. The van der Waals surface area contributed by atoms with E-state index >= 15 is 0 Å². The number of hydrogen-bond acceptors (Lipinski definition) is 2. The second kappa shape index (κ2) is 6.21.